The third-order valence-corrected chi connectivity index (χ3v) is 1.84. The number of benzene rings is 1. The predicted molar refractivity (Wildman–Crippen MR) is 55.7 cm³/mol. The molecule has 0 radical (unpaired) electrons. The van der Waals surface area contributed by atoms with Crippen LogP contribution in [0.4, 0.5) is 14.5 Å². The summed E-state index contributed by atoms with van der Waals surface area (Å²) in [6.45, 7) is -0.770. The number of alkyl halides is 2. The van der Waals surface area contributed by atoms with Crippen molar-refractivity contribution >= 4 is 11.6 Å². The maximum Gasteiger partial charge on any atom is 0.272 e. The molecule has 0 aliphatic carbocycles. The van der Waals surface area contributed by atoms with Crippen LogP contribution in [-0.2, 0) is 0 Å². The average molecular weight is 230 g/mol. The summed E-state index contributed by atoms with van der Waals surface area (Å²) in [5, 5.41) is 2.38. The van der Waals surface area contributed by atoms with Crippen LogP contribution in [0.2, 0.25) is 0 Å². The third kappa shape index (κ3) is 3.08. The molecule has 1 aromatic carbocycles. The van der Waals surface area contributed by atoms with Crippen molar-refractivity contribution in [3.8, 4) is 5.75 Å². The number of nitrogen functional groups attached to an aromatic ring is 1. The van der Waals surface area contributed by atoms with Crippen LogP contribution in [0.25, 0.3) is 0 Å². The molecule has 16 heavy (non-hydrogen) atoms. The fourth-order valence-electron chi connectivity index (χ4n) is 1.13. The van der Waals surface area contributed by atoms with Gasteiger partial charge in [-0.05, 0) is 12.1 Å². The van der Waals surface area contributed by atoms with Crippen LogP contribution in [0.1, 0.15) is 10.4 Å². The van der Waals surface area contributed by atoms with Gasteiger partial charge in [-0.2, -0.15) is 0 Å². The van der Waals surface area contributed by atoms with Crippen molar-refractivity contribution < 1.29 is 18.3 Å². The molecular weight excluding hydrogens is 218 g/mol. The standard InChI is InChI=1S/C10H12F2N2O2/c1-14-10(15)7-3-2-6(13)4-8(7)16-5-9(11)12/h2-4,9H,5,13H2,1H3,(H,14,15). The Morgan fingerprint density at radius 1 is 1.56 bits per heavy atom. The summed E-state index contributed by atoms with van der Waals surface area (Å²) >= 11 is 0. The predicted octanol–water partition coefficient (Wildman–Crippen LogP) is 1.27. The van der Waals surface area contributed by atoms with Crippen molar-refractivity contribution in [1.82, 2.24) is 5.32 Å². The Hall–Kier alpha value is -1.85. The summed E-state index contributed by atoms with van der Waals surface area (Å²) in [5.41, 5.74) is 6.00. The molecule has 1 rings (SSSR count). The topological polar surface area (TPSA) is 64.4 Å². The Morgan fingerprint density at radius 2 is 2.25 bits per heavy atom. The summed E-state index contributed by atoms with van der Waals surface area (Å²) in [6.07, 6.45) is -2.60. The molecule has 88 valence electrons. The van der Waals surface area contributed by atoms with E-state index in [1.807, 2.05) is 0 Å². The molecule has 3 N–H and O–H groups in total. The van der Waals surface area contributed by atoms with Crippen molar-refractivity contribution in [2.24, 2.45) is 0 Å². The zero-order valence-corrected chi connectivity index (χ0v) is 8.67. The number of hydrogen-bond acceptors (Lipinski definition) is 3. The number of anilines is 1. The van der Waals surface area contributed by atoms with Crippen molar-refractivity contribution in [2.75, 3.05) is 19.4 Å². The minimum atomic E-state index is -2.60. The first-order valence-electron chi connectivity index (χ1n) is 4.57. The van der Waals surface area contributed by atoms with Gasteiger partial charge in [-0.3, -0.25) is 4.79 Å². The van der Waals surface area contributed by atoms with E-state index in [9.17, 15) is 13.6 Å². The van der Waals surface area contributed by atoms with Gasteiger partial charge in [0.1, 0.15) is 12.4 Å². The number of carbonyl (C=O) groups is 1. The molecule has 1 amide bonds. The number of nitrogens with one attached hydrogen (secondary N) is 1. The van der Waals surface area contributed by atoms with E-state index in [4.69, 9.17) is 10.5 Å². The van der Waals surface area contributed by atoms with Gasteiger partial charge in [0.2, 0.25) is 0 Å². The van der Waals surface area contributed by atoms with E-state index in [1.54, 1.807) is 0 Å². The molecule has 1 aromatic rings. The second-order valence-electron chi connectivity index (χ2n) is 3.04. The number of ether oxygens (including phenoxy) is 1. The van der Waals surface area contributed by atoms with Crippen LogP contribution in [-0.4, -0.2) is 26.0 Å². The van der Waals surface area contributed by atoms with Gasteiger partial charge in [0, 0.05) is 18.8 Å². The van der Waals surface area contributed by atoms with Gasteiger partial charge >= 0.3 is 0 Å². The lowest BCUT2D eigenvalue weighted by molar-refractivity contribution is 0.0797. The second kappa shape index (κ2) is 5.29. The van der Waals surface area contributed by atoms with Gasteiger partial charge in [-0.25, -0.2) is 8.78 Å². The summed E-state index contributed by atoms with van der Waals surface area (Å²) < 4.78 is 28.8. The summed E-state index contributed by atoms with van der Waals surface area (Å²) in [5.74, 6) is -0.357. The Morgan fingerprint density at radius 3 is 2.81 bits per heavy atom. The molecule has 0 fully saturated rings. The fourth-order valence-corrected chi connectivity index (χ4v) is 1.13. The number of rotatable bonds is 4. The van der Waals surface area contributed by atoms with E-state index in [0.29, 0.717) is 5.69 Å². The molecule has 0 spiro atoms. The summed E-state index contributed by atoms with van der Waals surface area (Å²) in [4.78, 5) is 11.4. The first kappa shape index (κ1) is 12.2. The molecule has 0 aliphatic heterocycles. The van der Waals surface area contributed by atoms with Crippen LogP contribution >= 0.6 is 0 Å². The van der Waals surface area contributed by atoms with E-state index in [-0.39, 0.29) is 11.3 Å². The van der Waals surface area contributed by atoms with E-state index >= 15 is 0 Å². The lowest BCUT2D eigenvalue weighted by atomic mass is 10.1. The van der Waals surface area contributed by atoms with Crippen molar-refractivity contribution in [1.29, 1.82) is 0 Å². The average Bonchev–Trinajstić information content (AvgIpc) is 2.25. The van der Waals surface area contributed by atoms with Gasteiger partial charge in [0.25, 0.3) is 12.3 Å². The maximum atomic E-state index is 12.0. The molecule has 4 nitrogen and oxygen atoms in total. The van der Waals surface area contributed by atoms with Crippen LogP contribution in [0.15, 0.2) is 18.2 Å². The number of halogens is 2. The van der Waals surface area contributed by atoms with Crippen LogP contribution in [0.5, 0.6) is 5.75 Å². The number of nitrogens with two attached hydrogens (primary N) is 1. The van der Waals surface area contributed by atoms with E-state index in [2.05, 4.69) is 5.32 Å². The largest absolute Gasteiger partial charge is 0.487 e. The highest BCUT2D eigenvalue weighted by Gasteiger charge is 2.13. The molecule has 0 unspecified atom stereocenters. The molecular formula is C10H12F2N2O2. The zero-order chi connectivity index (χ0) is 12.1. The second-order valence-corrected chi connectivity index (χ2v) is 3.04. The maximum absolute atomic E-state index is 12.0. The molecule has 0 saturated heterocycles. The first-order chi connectivity index (χ1) is 7.54. The quantitative estimate of drug-likeness (QED) is 0.765. The van der Waals surface area contributed by atoms with Crippen molar-refractivity contribution in [3.63, 3.8) is 0 Å². The Kier molecular flexibility index (Phi) is 4.04. The SMILES string of the molecule is CNC(=O)c1ccc(N)cc1OCC(F)F. The minimum absolute atomic E-state index is 0.0552. The summed E-state index contributed by atoms with van der Waals surface area (Å²) in [7, 11) is 1.44. The fraction of sp³-hybridized carbons (Fsp3) is 0.300. The van der Waals surface area contributed by atoms with Crippen LogP contribution < -0.4 is 15.8 Å². The lowest BCUT2D eigenvalue weighted by Crippen LogP contribution is -2.20. The highest BCUT2D eigenvalue weighted by molar-refractivity contribution is 5.97. The third-order valence-electron chi connectivity index (χ3n) is 1.84. The lowest BCUT2D eigenvalue weighted by Gasteiger charge is -2.10. The molecule has 0 atom stereocenters. The molecule has 0 aromatic heterocycles. The van der Waals surface area contributed by atoms with Gasteiger partial charge in [-0.15, -0.1) is 0 Å². The number of carbonyl (C=O) groups excluding carboxylic acids is 1. The normalized spacial score (nSPS) is 10.2. The number of amides is 1. The molecule has 0 saturated carbocycles. The van der Waals surface area contributed by atoms with Gasteiger partial charge in [0.05, 0.1) is 5.56 Å². The Labute approximate surface area is 91.4 Å². The van der Waals surface area contributed by atoms with Crippen LogP contribution in [0.3, 0.4) is 0 Å². The molecule has 6 heteroatoms. The first-order valence-corrected chi connectivity index (χ1v) is 4.57. The smallest absolute Gasteiger partial charge is 0.272 e. The highest BCUT2D eigenvalue weighted by atomic mass is 19.3. The van der Waals surface area contributed by atoms with Gasteiger partial charge < -0.3 is 15.8 Å². The minimum Gasteiger partial charge on any atom is -0.487 e. The molecule has 0 heterocycles. The zero-order valence-electron chi connectivity index (χ0n) is 8.67. The van der Waals surface area contributed by atoms with Crippen molar-refractivity contribution in [2.45, 2.75) is 6.43 Å². The van der Waals surface area contributed by atoms with E-state index in [0.717, 1.165) is 0 Å². The Bertz CT molecular complexity index is 383. The van der Waals surface area contributed by atoms with Gasteiger partial charge in [0.15, 0.2) is 0 Å². The monoisotopic (exact) mass is 230 g/mol. The Balaban J connectivity index is 2.94. The highest BCUT2D eigenvalue weighted by Crippen LogP contribution is 2.22. The van der Waals surface area contributed by atoms with Crippen molar-refractivity contribution in [3.05, 3.63) is 23.8 Å². The van der Waals surface area contributed by atoms with E-state index < -0.39 is 18.9 Å². The van der Waals surface area contributed by atoms with E-state index in [1.165, 1.54) is 25.2 Å². The molecule has 0 aliphatic rings. The van der Waals surface area contributed by atoms with Crippen LogP contribution in [0, 0.1) is 0 Å². The number of hydrogen-bond donors (Lipinski definition) is 2. The molecule has 0 bridgehead atoms. The van der Waals surface area contributed by atoms with Gasteiger partial charge in [-0.1, -0.05) is 0 Å². The summed E-state index contributed by atoms with van der Waals surface area (Å²) in [6, 6.07) is 4.27.